The molecule has 12 heteroatoms. The van der Waals surface area contributed by atoms with E-state index in [9.17, 15) is 31.5 Å². The van der Waals surface area contributed by atoms with Crippen LogP contribution in [0.4, 0.5) is 27.8 Å². The molecular formula is C31H33BrF5N3O3. The summed E-state index contributed by atoms with van der Waals surface area (Å²) in [6, 6.07) is 8.42. The average Bonchev–Trinajstić information content (AvgIpc) is 2.93. The van der Waals surface area contributed by atoms with Crippen LogP contribution in [-0.2, 0) is 9.53 Å². The Kier molecular flexibility index (Phi) is 10.6. The lowest BCUT2D eigenvalue weighted by molar-refractivity contribution is -0.158. The van der Waals surface area contributed by atoms with Gasteiger partial charge in [0.2, 0.25) is 6.36 Å². The van der Waals surface area contributed by atoms with Gasteiger partial charge in [-0.3, -0.25) is 9.59 Å². The van der Waals surface area contributed by atoms with Crippen molar-refractivity contribution in [1.82, 2.24) is 10.3 Å². The Hall–Kier alpha value is -3.28. The number of nitrogens with zero attached hydrogens (tertiary/aromatic N) is 2. The zero-order valence-corrected chi connectivity index (χ0v) is 25.5. The van der Waals surface area contributed by atoms with E-state index in [1.807, 2.05) is 0 Å². The van der Waals surface area contributed by atoms with Crippen LogP contribution in [0.15, 0.2) is 40.9 Å². The van der Waals surface area contributed by atoms with Crippen LogP contribution < -0.4 is 10.2 Å². The fourth-order valence-electron chi connectivity index (χ4n) is 5.40. The number of aromatic nitrogens is 1. The van der Waals surface area contributed by atoms with E-state index in [0.717, 1.165) is 12.1 Å². The summed E-state index contributed by atoms with van der Waals surface area (Å²) in [4.78, 5) is 32.1. The van der Waals surface area contributed by atoms with Crippen molar-refractivity contribution in [3.05, 3.63) is 69.2 Å². The Morgan fingerprint density at radius 2 is 1.88 bits per heavy atom. The van der Waals surface area contributed by atoms with Crippen LogP contribution >= 0.6 is 15.9 Å². The van der Waals surface area contributed by atoms with Gasteiger partial charge in [-0.1, -0.05) is 28.9 Å². The molecule has 1 saturated heterocycles. The minimum atomic E-state index is -2.90. The summed E-state index contributed by atoms with van der Waals surface area (Å²) in [6.07, 6.45) is -1.74. The Morgan fingerprint density at radius 1 is 1.16 bits per heavy atom. The number of piperidine rings is 1. The van der Waals surface area contributed by atoms with Crippen LogP contribution in [0.5, 0.6) is 0 Å². The van der Waals surface area contributed by atoms with E-state index in [2.05, 4.69) is 26.2 Å². The number of anilines is 1. The molecule has 1 N–H and O–H groups in total. The Labute approximate surface area is 255 Å². The third-order valence-electron chi connectivity index (χ3n) is 7.47. The van der Waals surface area contributed by atoms with Gasteiger partial charge in [0.15, 0.2) is 0 Å². The lowest BCUT2D eigenvalue weighted by Crippen LogP contribution is -2.43. The maximum atomic E-state index is 14.8. The summed E-state index contributed by atoms with van der Waals surface area (Å²) in [7, 11) is 0. The number of carbonyl (C=O) groups is 2. The normalized spacial score (nSPS) is 16.1. The molecule has 4 rings (SSSR count). The summed E-state index contributed by atoms with van der Waals surface area (Å²) in [5.41, 5.74) is 0.650. The predicted octanol–water partition coefficient (Wildman–Crippen LogP) is 7.75. The van der Waals surface area contributed by atoms with Gasteiger partial charge in [-0.05, 0) is 56.5 Å². The van der Waals surface area contributed by atoms with Crippen LogP contribution in [0.2, 0.25) is 0 Å². The smallest absolute Gasteiger partial charge is 0.308 e. The Bertz CT molecular complexity index is 1470. The molecule has 43 heavy (non-hydrogen) atoms. The van der Waals surface area contributed by atoms with Gasteiger partial charge in [-0.25, -0.2) is 26.9 Å². The van der Waals surface area contributed by atoms with Crippen molar-refractivity contribution in [3.8, 4) is 0 Å². The molecule has 2 atom stereocenters. The average molecular weight is 671 g/mol. The van der Waals surface area contributed by atoms with Crippen molar-refractivity contribution in [1.29, 1.82) is 0 Å². The molecule has 0 bridgehead atoms. The first-order valence-electron chi connectivity index (χ1n) is 14.2. The highest BCUT2D eigenvalue weighted by atomic mass is 79.9. The lowest BCUT2D eigenvalue weighted by Gasteiger charge is -2.34. The molecule has 2 heterocycles. The van der Waals surface area contributed by atoms with Gasteiger partial charge < -0.3 is 15.0 Å². The van der Waals surface area contributed by atoms with Crippen molar-refractivity contribution in [2.75, 3.05) is 24.5 Å². The number of pyridine rings is 1. The molecule has 0 aliphatic carbocycles. The summed E-state index contributed by atoms with van der Waals surface area (Å²) in [5.74, 6) is -6.83. The number of fused-ring (bicyclic) bond motifs is 1. The van der Waals surface area contributed by atoms with Gasteiger partial charge in [0, 0.05) is 59.3 Å². The summed E-state index contributed by atoms with van der Waals surface area (Å²) in [5, 5.41) is 3.18. The predicted molar refractivity (Wildman–Crippen MR) is 157 cm³/mol. The highest BCUT2D eigenvalue weighted by molar-refractivity contribution is 9.10. The second kappa shape index (κ2) is 14.0. The minimum Gasteiger partial charge on any atom is -0.431 e. The fourth-order valence-corrected chi connectivity index (χ4v) is 5.76. The Balaban J connectivity index is 1.64. The number of esters is 1. The molecule has 2 aromatic carbocycles. The van der Waals surface area contributed by atoms with Gasteiger partial charge >= 0.3 is 5.97 Å². The SMILES string of the molecule is CCCC(F)OC(=O)CCC(CNC(=O)c1c(C)c(N2CCCC(F)(F)C2)nc2ccc(Br)cc12)c1c(F)cccc1F. The molecule has 1 aliphatic heterocycles. The number of rotatable bonds is 11. The van der Waals surface area contributed by atoms with Gasteiger partial charge in [0.25, 0.3) is 11.8 Å². The minimum absolute atomic E-state index is 0.0274. The summed E-state index contributed by atoms with van der Waals surface area (Å²) >= 11 is 3.40. The zero-order chi connectivity index (χ0) is 31.3. The molecule has 3 aromatic rings. The molecule has 0 radical (unpaired) electrons. The largest absolute Gasteiger partial charge is 0.431 e. The number of carbonyl (C=O) groups excluding carboxylic acids is 2. The van der Waals surface area contributed by atoms with Crippen molar-refractivity contribution in [2.24, 2.45) is 0 Å². The highest BCUT2D eigenvalue weighted by Crippen LogP contribution is 2.35. The third kappa shape index (κ3) is 8.01. The number of benzene rings is 2. The second-order valence-corrected chi connectivity index (χ2v) is 11.7. The van der Waals surface area contributed by atoms with E-state index in [1.165, 1.54) is 11.0 Å². The van der Waals surface area contributed by atoms with E-state index >= 15 is 0 Å². The maximum Gasteiger partial charge on any atom is 0.308 e. The van der Waals surface area contributed by atoms with E-state index in [-0.39, 0.29) is 55.6 Å². The van der Waals surface area contributed by atoms with Gasteiger partial charge in [0.1, 0.15) is 17.5 Å². The number of amides is 1. The second-order valence-electron chi connectivity index (χ2n) is 10.7. The van der Waals surface area contributed by atoms with Gasteiger partial charge in [0.05, 0.1) is 17.6 Å². The molecule has 0 saturated carbocycles. The maximum absolute atomic E-state index is 14.8. The lowest BCUT2D eigenvalue weighted by atomic mass is 9.92. The third-order valence-corrected chi connectivity index (χ3v) is 7.97. The topological polar surface area (TPSA) is 71.5 Å². The van der Waals surface area contributed by atoms with Crippen molar-refractivity contribution >= 4 is 44.5 Å². The number of alkyl halides is 3. The van der Waals surface area contributed by atoms with E-state index in [0.29, 0.717) is 33.9 Å². The fraction of sp³-hybridized carbons (Fsp3) is 0.452. The quantitative estimate of drug-likeness (QED) is 0.167. The molecule has 6 nitrogen and oxygen atoms in total. The molecule has 1 fully saturated rings. The van der Waals surface area contributed by atoms with Crippen molar-refractivity contribution < 1.29 is 36.3 Å². The molecule has 232 valence electrons. The number of hydrogen-bond donors (Lipinski definition) is 1. The standard InChI is InChI=1S/C31H33BrF5N3O3/c1-3-6-25(35)43-26(41)12-9-19(28-22(33)7-4-8-23(28)34)16-38-30(42)27-18(2)29(40-14-5-13-31(36,37)17-40)39-24-11-10-20(32)15-21(24)27/h4,7-8,10-11,15,19,25H,3,5-6,9,12-14,16-17H2,1-2H3,(H,38,42). The number of hydrogen-bond acceptors (Lipinski definition) is 5. The van der Waals surface area contributed by atoms with Crippen LogP contribution in [0.1, 0.15) is 72.9 Å². The van der Waals surface area contributed by atoms with Crippen LogP contribution in [0.25, 0.3) is 10.9 Å². The first kappa shape index (κ1) is 32.6. The zero-order valence-electron chi connectivity index (χ0n) is 23.9. The van der Waals surface area contributed by atoms with Gasteiger partial charge in [-0.15, -0.1) is 0 Å². The van der Waals surface area contributed by atoms with Crippen molar-refractivity contribution in [2.45, 2.75) is 70.6 Å². The summed E-state index contributed by atoms with van der Waals surface area (Å²) in [6.45, 7) is 2.89. The van der Waals surface area contributed by atoms with E-state index in [1.54, 1.807) is 32.0 Å². The molecule has 1 aliphatic rings. The molecule has 2 unspecified atom stereocenters. The number of ether oxygens (including phenoxy) is 1. The van der Waals surface area contributed by atoms with Gasteiger partial charge in [-0.2, -0.15) is 0 Å². The number of nitrogens with one attached hydrogen (secondary N) is 1. The van der Waals surface area contributed by atoms with E-state index < -0.39 is 48.3 Å². The number of halogens is 6. The molecule has 0 spiro atoms. The molecule has 1 amide bonds. The molecular weight excluding hydrogens is 637 g/mol. The summed E-state index contributed by atoms with van der Waals surface area (Å²) < 4.78 is 77.4. The van der Waals surface area contributed by atoms with Crippen molar-refractivity contribution in [3.63, 3.8) is 0 Å². The first-order chi connectivity index (χ1) is 20.4. The van der Waals surface area contributed by atoms with Crippen LogP contribution in [0.3, 0.4) is 0 Å². The van der Waals surface area contributed by atoms with Crippen LogP contribution in [-0.4, -0.2) is 48.8 Å². The van der Waals surface area contributed by atoms with Crippen LogP contribution in [0, 0.1) is 18.6 Å². The molecule has 1 aromatic heterocycles. The monoisotopic (exact) mass is 669 g/mol. The van der Waals surface area contributed by atoms with E-state index in [4.69, 9.17) is 4.74 Å². The highest BCUT2D eigenvalue weighted by Gasteiger charge is 2.37. The Morgan fingerprint density at radius 3 is 2.56 bits per heavy atom. The first-order valence-corrected chi connectivity index (χ1v) is 15.0.